The van der Waals surface area contributed by atoms with Gasteiger partial charge in [-0.05, 0) is 17.2 Å². The summed E-state index contributed by atoms with van der Waals surface area (Å²) in [6, 6.07) is 27.3. The highest BCUT2D eigenvalue weighted by atomic mass is 16.5. The Morgan fingerprint density at radius 3 is 1.93 bits per heavy atom. The molecule has 3 aromatic rings. The number of ether oxygens (including phenoxy) is 2. The molecule has 0 saturated carbocycles. The largest absolute Gasteiger partial charge is 0.497 e. The predicted molar refractivity (Wildman–Crippen MR) is 119 cm³/mol. The van der Waals surface area contributed by atoms with E-state index in [-0.39, 0.29) is 0 Å². The van der Waals surface area contributed by atoms with Crippen molar-refractivity contribution in [2.24, 2.45) is 0 Å². The first-order chi connectivity index (χ1) is 14.3. The van der Waals surface area contributed by atoms with Gasteiger partial charge in [-0.1, -0.05) is 66.7 Å². The summed E-state index contributed by atoms with van der Waals surface area (Å²) in [5, 5.41) is 7.09. The quantitative estimate of drug-likeness (QED) is 0.481. The van der Waals surface area contributed by atoms with Crippen LogP contribution in [0.5, 0.6) is 11.5 Å². The lowest BCUT2D eigenvalue weighted by atomic mass is 9.91. The Bertz CT molecular complexity index is 814. The Labute approximate surface area is 173 Å². The average molecular weight is 391 g/mol. The molecule has 3 aromatic carbocycles. The Kier molecular flexibility index (Phi) is 8.11. The van der Waals surface area contributed by atoms with Crippen LogP contribution in [-0.2, 0) is 6.54 Å². The van der Waals surface area contributed by atoms with Gasteiger partial charge in [-0.2, -0.15) is 0 Å². The van der Waals surface area contributed by atoms with Gasteiger partial charge in [-0.15, -0.1) is 0 Å². The van der Waals surface area contributed by atoms with Crippen molar-refractivity contribution in [1.82, 2.24) is 10.6 Å². The van der Waals surface area contributed by atoms with E-state index in [2.05, 4.69) is 71.3 Å². The van der Waals surface area contributed by atoms with Crippen molar-refractivity contribution in [3.05, 3.63) is 95.6 Å². The molecular weight excluding hydrogens is 360 g/mol. The summed E-state index contributed by atoms with van der Waals surface area (Å²) in [5.74, 6) is 2.00. The summed E-state index contributed by atoms with van der Waals surface area (Å²) in [6.07, 6.45) is 0. The highest BCUT2D eigenvalue weighted by Crippen LogP contribution is 2.25. The second-order valence-electron chi connectivity index (χ2n) is 6.93. The Balaban J connectivity index is 1.49. The van der Waals surface area contributed by atoms with Crippen molar-refractivity contribution in [3.8, 4) is 11.5 Å². The molecule has 0 aliphatic heterocycles. The molecule has 0 aromatic heterocycles. The number of methoxy groups -OCH3 is 2. The van der Waals surface area contributed by atoms with Gasteiger partial charge in [-0.3, -0.25) is 0 Å². The zero-order valence-corrected chi connectivity index (χ0v) is 17.2. The summed E-state index contributed by atoms with van der Waals surface area (Å²) in [7, 11) is 3.35. The zero-order chi connectivity index (χ0) is 20.3. The molecule has 0 aliphatic rings. The molecule has 0 radical (unpaired) electrons. The minimum Gasteiger partial charge on any atom is -0.497 e. The Morgan fingerprint density at radius 1 is 0.724 bits per heavy atom. The molecule has 0 heterocycles. The number of hydrogen-bond donors (Lipinski definition) is 2. The molecular formula is C25H30N2O2. The fourth-order valence-corrected chi connectivity index (χ4v) is 3.44. The van der Waals surface area contributed by atoms with E-state index in [4.69, 9.17) is 9.47 Å². The average Bonchev–Trinajstić information content (AvgIpc) is 2.79. The van der Waals surface area contributed by atoms with Gasteiger partial charge in [0.1, 0.15) is 11.5 Å². The smallest absolute Gasteiger partial charge is 0.127 e. The minimum atomic E-state index is 0.346. The maximum atomic E-state index is 5.46. The lowest BCUT2D eigenvalue weighted by molar-refractivity contribution is 0.390. The molecule has 0 atom stereocenters. The summed E-state index contributed by atoms with van der Waals surface area (Å²) < 4.78 is 10.7. The highest BCUT2D eigenvalue weighted by Gasteiger charge is 2.13. The molecule has 0 bridgehead atoms. The van der Waals surface area contributed by atoms with Gasteiger partial charge in [0, 0.05) is 43.7 Å². The number of nitrogens with one attached hydrogen (secondary N) is 2. The van der Waals surface area contributed by atoms with Crippen LogP contribution in [0.4, 0.5) is 0 Å². The highest BCUT2D eigenvalue weighted by molar-refractivity contribution is 5.40. The van der Waals surface area contributed by atoms with Gasteiger partial charge in [0.15, 0.2) is 0 Å². The maximum absolute atomic E-state index is 5.46. The van der Waals surface area contributed by atoms with Gasteiger partial charge in [0.05, 0.1) is 14.2 Å². The Morgan fingerprint density at radius 2 is 1.34 bits per heavy atom. The van der Waals surface area contributed by atoms with Crippen molar-refractivity contribution in [2.75, 3.05) is 33.9 Å². The number of rotatable bonds is 11. The molecule has 0 amide bonds. The molecule has 2 N–H and O–H groups in total. The van der Waals surface area contributed by atoms with E-state index in [1.807, 2.05) is 18.2 Å². The molecule has 4 heteroatoms. The van der Waals surface area contributed by atoms with Crippen LogP contribution in [0, 0.1) is 0 Å². The van der Waals surface area contributed by atoms with Gasteiger partial charge >= 0.3 is 0 Å². The SMILES string of the molecule is COc1ccc(CNCCNCC(c2ccccc2)c2ccccc2)c(OC)c1. The first-order valence-electron chi connectivity index (χ1n) is 10.0. The lowest BCUT2D eigenvalue weighted by Gasteiger charge is -2.19. The van der Waals surface area contributed by atoms with Crippen LogP contribution in [0.15, 0.2) is 78.9 Å². The number of hydrogen-bond acceptors (Lipinski definition) is 4. The van der Waals surface area contributed by atoms with Crippen LogP contribution in [-0.4, -0.2) is 33.9 Å². The van der Waals surface area contributed by atoms with E-state index < -0.39 is 0 Å². The Hall–Kier alpha value is -2.82. The number of benzene rings is 3. The van der Waals surface area contributed by atoms with Crippen molar-refractivity contribution in [1.29, 1.82) is 0 Å². The molecule has 0 saturated heterocycles. The summed E-state index contributed by atoms with van der Waals surface area (Å²) in [4.78, 5) is 0. The van der Waals surface area contributed by atoms with Gasteiger partial charge in [0.2, 0.25) is 0 Å². The van der Waals surface area contributed by atoms with E-state index in [1.165, 1.54) is 11.1 Å². The lowest BCUT2D eigenvalue weighted by Crippen LogP contribution is -2.30. The third-order valence-electron chi connectivity index (χ3n) is 5.04. The predicted octanol–water partition coefficient (Wildman–Crippen LogP) is 4.22. The maximum Gasteiger partial charge on any atom is 0.127 e. The minimum absolute atomic E-state index is 0.346. The standard InChI is InChI=1S/C25H30N2O2/c1-28-23-14-13-22(25(17-23)29-2)18-26-15-16-27-19-24(20-9-5-3-6-10-20)21-11-7-4-8-12-21/h3-14,17,24,26-27H,15-16,18-19H2,1-2H3. The fraction of sp³-hybridized carbons (Fsp3) is 0.280. The van der Waals surface area contributed by atoms with Gasteiger partial charge in [-0.25, -0.2) is 0 Å². The molecule has 0 aliphatic carbocycles. The van der Waals surface area contributed by atoms with Crippen molar-refractivity contribution in [3.63, 3.8) is 0 Å². The van der Waals surface area contributed by atoms with Crippen LogP contribution >= 0.6 is 0 Å². The second-order valence-corrected chi connectivity index (χ2v) is 6.93. The van der Waals surface area contributed by atoms with E-state index in [0.717, 1.165) is 43.2 Å². The molecule has 0 spiro atoms. The van der Waals surface area contributed by atoms with Crippen LogP contribution in [0.1, 0.15) is 22.6 Å². The zero-order valence-electron chi connectivity index (χ0n) is 17.2. The third kappa shape index (κ3) is 6.08. The van der Waals surface area contributed by atoms with E-state index >= 15 is 0 Å². The van der Waals surface area contributed by atoms with Gasteiger partial charge in [0.25, 0.3) is 0 Å². The topological polar surface area (TPSA) is 42.5 Å². The van der Waals surface area contributed by atoms with E-state index in [1.54, 1.807) is 14.2 Å². The first-order valence-corrected chi connectivity index (χ1v) is 10.0. The normalized spacial score (nSPS) is 10.9. The molecule has 29 heavy (non-hydrogen) atoms. The summed E-state index contributed by atoms with van der Waals surface area (Å²) >= 11 is 0. The van der Waals surface area contributed by atoms with Crippen LogP contribution in [0.3, 0.4) is 0 Å². The van der Waals surface area contributed by atoms with Gasteiger partial charge < -0.3 is 20.1 Å². The van der Waals surface area contributed by atoms with Crippen molar-refractivity contribution >= 4 is 0 Å². The van der Waals surface area contributed by atoms with E-state index in [0.29, 0.717) is 5.92 Å². The molecule has 0 fully saturated rings. The summed E-state index contributed by atoms with van der Waals surface area (Å²) in [6.45, 7) is 3.44. The monoisotopic (exact) mass is 390 g/mol. The first kappa shape index (κ1) is 20.9. The molecule has 0 unspecified atom stereocenters. The summed E-state index contributed by atoms with van der Waals surface area (Å²) in [5.41, 5.74) is 3.80. The molecule has 3 rings (SSSR count). The van der Waals surface area contributed by atoms with Crippen molar-refractivity contribution in [2.45, 2.75) is 12.5 Å². The third-order valence-corrected chi connectivity index (χ3v) is 5.04. The van der Waals surface area contributed by atoms with Crippen LogP contribution < -0.4 is 20.1 Å². The van der Waals surface area contributed by atoms with E-state index in [9.17, 15) is 0 Å². The molecule has 4 nitrogen and oxygen atoms in total. The molecule has 152 valence electrons. The van der Waals surface area contributed by atoms with Crippen LogP contribution in [0.25, 0.3) is 0 Å². The fourth-order valence-electron chi connectivity index (χ4n) is 3.44. The van der Waals surface area contributed by atoms with Crippen LogP contribution in [0.2, 0.25) is 0 Å². The second kappa shape index (κ2) is 11.2. The van der Waals surface area contributed by atoms with Crippen molar-refractivity contribution < 1.29 is 9.47 Å².